The summed E-state index contributed by atoms with van der Waals surface area (Å²) in [4.78, 5) is 45.2. The van der Waals surface area contributed by atoms with Gasteiger partial charge in [0.2, 0.25) is 5.78 Å². The van der Waals surface area contributed by atoms with Crippen LogP contribution in [0.3, 0.4) is 0 Å². The van der Waals surface area contributed by atoms with Gasteiger partial charge in [-0.3, -0.25) is 9.59 Å². The Bertz CT molecular complexity index is 1360. The minimum Gasteiger partial charge on any atom is -0.476 e. The molecule has 2 aromatic carbocycles. The molecule has 0 spiro atoms. The van der Waals surface area contributed by atoms with Gasteiger partial charge in [-0.2, -0.15) is 13.2 Å². The van der Waals surface area contributed by atoms with E-state index in [0.29, 0.717) is 71.8 Å². The molecule has 0 heterocycles. The van der Waals surface area contributed by atoms with Gasteiger partial charge in [0, 0.05) is 12.1 Å². The van der Waals surface area contributed by atoms with Gasteiger partial charge in [-0.25, -0.2) is 9.59 Å². The molecule has 0 unspecified atom stereocenters. The Kier molecular flexibility index (Phi) is 23.3. The lowest BCUT2D eigenvalue weighted by molar-refractivity contribution is -0.151. The number of benzene rings is 2. The Balaban J connectivity index is 1.33. The van der Waals surface area contributed by atoms with Crippen LogP contribution >= 0.6 is 0 Å². The maximum atomic E-state index is 13.0. The SMILES string of the molecule is O=C(CCC(=O)C(=O)O)OCCOCCOCCOCCOCCOCCOCCOCCOC(=O)c1ccccc1Nc1cccc(C(F)(F)F)c1. The first-order chi connectivity index (χ1) is 25.6. The van der Waals surface area contributed by atoms with Crippen molar-refractivity contribution >= 4 is 35.1 Å². The molecule has 2 N–H and O–H groups in total. The Hall–Kier alpha value is -4.17. The van der Waals surface area contributed by atoms with Gasteiger partial charge in [0.05, 0.1) is 116 Å². The van der Waals surface area contributed by atoms with E-state index in [1.165, 1.54) is 18.2 Å². The zero-order valence-electron chi connectivity index (χ0n) is 29.2. The van der Waals surface area contributed by atoms with Crippen molar-refractivity contribution < 1.29 is 80.1 Å². The molecular formula is C35H46F3NO14. The summed E-state index contributed by atoms with van der Waals surface area (Å²) in [6.45, 7) is 4.45. The summed E-state index contributed by atoms with van der Waals surface area (Å²) in [6, 6.07) is 11.0. The van der Waals surface area contributed by atoms with Crippen LogP contribution in [0.2, 0.25) is 0 Å². The van der Waals surface area contributed by atoms with Crippen LogP contribution < -0.4 is 5.32 Å². The predicted octanol–water partition coefficient (Wildman–Crippen LogP) is 3.70. The molecule has 0 radical (unpaired) electrons. The Morgan fingerprint density at radius 3 is 1.49 bits per heavy atom. The number of anilines is 2. The fourth-order valence-corrected chi connectivity index (χ4v) is 4.00. The number of ketones is 1. The smallest absolute Gasteiger partial charge is 0.416 e. The summed E-state index contributed by atoms with van der Waals surface area (Å²) < 4.78 is 86.9. The largest absolute Gasteiger partial charge is 0.476 e. The summed E-state index contributed by atoms with van der Waals surface area (Å²) in [5.41, 5.74) is -0.149. The van der Waals surface area contributed by atoms with Crippen LogP contribution in [0.5, 0.6) is 0 Å². The van der Waals surface area contributed by atoms with E-state index in [1.807, 2.05) is 0 Å². The summed E-state index contributed by atoms with van der Waals surface area (Å²) in [7, 11) is 0. The monoisotopic (exact) mass is 761 g/mol. The molecule has 2 rings (SSSR count). The second kappa shape index (κ2) is 27.4. The van der Waals surface area contributed by atoms with E-state index in [0.717, 1.165) is 12.1 Å². The van der Waals surface area contributed by atoms with Crippen molar-refractivity contribution in [1.82, 2.24) is 0 Å². The number of Topliss-reactive ketones (excluding diaryl/α,β-unsaturated/α-hetero) is 1. The molecule has 53 heavy (non-hydrogen) atoms. The number of aliphatic carboxylic acids is 1. The number of carbonyl (C=O) groups excluding carboxylic acids is 3. The summed E-state index contributed by atoms with van der Waals surface area (Å²) in [5.74, 6) is -3.94. The highest BCUT2D eigenvalue weighted by molar-refractivity contribution is 6.32. The number of para-hydroxylation sites is 1. The van der Waals surface area contributed by atoms with Crippen LogP contribution in [0.25, 0.3) is 0 Å². The second-order valence-corrected chi connectivity index (χ2v) is 10.6. The topological polar surface area (TPSA) is 184 Å². The average molecular weight is 762 g/mol. The van der Waals surface area contributed by atoms with Gasteiger partial charge in [0.1, 0.15) is 13.2 Å². The highest BCUT2D eigenvalue weighted by Crippen LogP contribution is 2.32. The van der Waals surface area contributed by atoms with E-state index < -0.39 is 41.9 Å². The molecule has 0 fully saturated rings. The third-order valence-electron chi connectivity index (χ3n) is 6.59. The van der Waals surface area contributed by atoms with Crippen LogP contribution in [0, 0.1) is 0 Å². The first-order valence-electron chi connectivity index (χ1n) is 16.7. The number of halogens is 3. The number of ether oxygens (including phenoxy) is 9. The lowest BCUT2D eigenvalue weighted by Crippen LogP contribution is -2.17. The number of esters is 2. The number of carbonyl (C=O) groups is 4. The van der Waals surface area contributed by atoms with E-state index >= 15 is 0 Å². The highest BCUT2D eigenvalue weighted by atomic mass is 19.4. The van der Waals surface area contributed by atoms with Crippen molar-refractivity contribution in [2.75, 3.05) is 111 Å². The van der Waals surface area contributed by atoms with E-state index in [4.69, 9.17) is 47.7 Å². The third kappa shape index (κ3) is 21.8. The molecule has 0 amide bonds. The second-order valence-electron chi connectivity index (χ2n) is 10.6. The Morgan fingerprint density at radius 1 is 0.566 bits per heavy atom. The summed E-state index contributed by atoms with van der Waals surface area (Å²) in [5, 5.41) is 11.3. The Labute approximate surface area is 304 Å². The van der Waals surface area contributed by atoms with E-state index in [1.54, 1.807) is 18.2 Å². The number of hydrogen-bond donors (Lipinski definition) is 2. The van der Waals surface area contributed by atoms with E-state index in [9.17, 15) is 32.3 Å². The van der Waals surface area contributed by atoms with Gasteiger partial charge >= 0.3 is 24.1 Å². The summed E-state index contributed by atoms with van der Waals surface area (Å²) in [6.07, 6.45) is -5.19. The molecule has 0 aliphatic carbocycles. The number of rotatable bonds is 31. The summed E-state index contributed by atoms with van der Waals surface area (Å²) >= 11 is 0. The molecular weight excluding hydrogens is 715 g/mol. The van der Waals surface area contributed by atoms with Gasteiger partial charge in [0.15, 0.2) is 0 Å². The van der Waals surface area contributed by atoms with Crippen molar-refractivity contribution in [3.63, 3.8) is 0 Å². The minimum atomic E-state index is -4.49. The maximum absolute atomic E-state index is 13.0. The molecule has 0 aromatic heterocycles. The van der Waals surface area contributed by atoms with Crippen molar-refractivity contribution in [3.05, 3.63) is 59.7 Å². The van der Waals surface area contributed by atoms with E-state index in [-0.39, 0.29) is 57.3 Å². The molecule has 0 bridgehead atoms. The fourth-order valence-electron chi connectivity index (χ4n) is 4.00. The molecule has 0 aliphatic heterocycles. The van der Waals surface area contributed by atoms with Gasteiger partial charge in [-0.05, 0) is 30.3 Å². The van der Waals surface area contributed by atoms with Crippen LogP contribution in [0.15, 0.2) is 48.5 Å². The van der Waals surface area contributed by atoms with Gasteiger partial charge in [-0.1, -0.05) is 18.2 Å². The molecule has 0 aliphatic rings. The number of nitrogens with one attached hydrogen (secondary N) is 1. The van der Waals surface area contributed by atoms with Crippen LogP contribution in [0.1, 0.15) is 28.8 Å². The van der Waals surface area contributed by atoms with Crippen LogP contribution in [-0.2, 0) is 63.2 Å². The highest BCUT2D eigenvalue weighted by Gasteiger charge is 2.30. The number of hydrogen-bond acceptors (Lipinski definition) is 14. The molecule has 2 aromatic rings. The number of carboxylic acid groups (broad SMARTS) is 1. The maximum Gasteiger partial charge on any atom is 0.416 e. The van der Waals surface area contributed by atoms with Crippen molar-refractivity contribution in [2.24, 2.45) is 0 Å². The van der Waals surface area contributed by atoms with Crippen LogP contribution in [-0.4, -0.2) is 135 Å². The zero-order chi connectivity index (χ0) is 38.6. The van der Waals surface area contributed by atoms with Crippen molar-refractivity contribution in [1.29, 1.82) is 0 Å². The Morgan fingerprint density at radius 2 is 1.02 bits per heavy atom. The first kappa shape index (κ1) is 45.0. The molecule has 15 nitrogen and oxygen atoms in total. The molecule has 0 saturated carbocycles. The van der Waals surface area contributed by atoms with Crippen LogP contribution in [0.4, 0.5) is 24.5 Å². The average Bonchev–Trinajstić information content (AvgIpc) is 3.13. The number of alkyl halides is 3. The number of carboxylic acids is 1. The van der Waals surface area contributed by atoms with Crippen molar-refractivity contribution in [2.45, 2.75) is 19.0 Å². The zero-order valence-corrected chi connectivity index (χ0v) is 29.2. The molecule has 0 atom stereocenters. The first-order valence-corrected chi connectivity index (χ1v) is 16.7. The van der Waals surface area contributed by atoms with Gasteiger partial charge < -0.3 is 53.1 Å². The minimum absolute atomic E-state index is 0.0111. The van der Waals surface area contributed by atoms with Crippen molar-refractivity contribution in [3.8, 4) is 0 Å². The van der Waals surface area contributed by atoms with Gasteiger partial charge in [0.25, 0.3) is 0 Å². The van der Waals surface area contributed by atoms with E-state index in [2.05, 4.69) is 5.32 Å². The normalized spacial score (nSPS) is 11.3. The lowest BCUT2D eigenvalue weighted by atomic mass is 10.1. The molecule has 0 saturated heterocycles. The third-order valence-corrected chi connectivity index (χ3v) is 6.59. The lowest BCUT2D eigenvalue weighted by Gasteiger charge is -2.13. The molecule has 296 valence electrons. The quantitative estimate of drug-likeness (QED) is 0.0644. The van der Waals surface area contributed by atoms with Gasteiger partial charge in [-0.15, -0.1) is 0 Å². The molecule has 18 heteroatoms. The fraction of sp³-hybridized carbons (Fsp3) is 0.543. The predicted molar refractivity (Wildman–Crippen MR) is 180 cm³/mol. The standard InChI is InChI=1S/C35H46F3NO14/c36-35(37,38)27-4-3-5-28(26-27)39-30-7-2-1-6-29(30)34(44)53-25-23-51-21-19-49-17-15-47-13-11-45-10-12-46-14-16-48-18-20-50-22-24-52-32(41)9-8-31(40)33(42)43/h1-7,26,39H,8-25H2,(H,42,43).